The zero-order valence-electron chi connectivity index (χ0n) is 13.8. The number of nitrogens with zero attached hydrogens (tertiary/aromatic N) is 2. The van der Waals surface area contributed by atoms with Crippen LogP contribution in [0, 0.1) is 5.92 Å². The molecule has 2 aliphatic heterocycles. The first-order valence-corrected chi connectivity index (χ1v) is 8.28. The predicted octanol–water partition coefficient (Wildman–Crippen LogP) is 1.23. The third-order valence-corrected chi connectivity index (χ3v) is 5.01. The largest absolute Gasteiger partial charge is 0.306 e. The summed E-state index contributed by atoms with van der Waals surface area (Å²) in [5.74, 6) is 0.487. The summed E-state index contributed by atoms with van der Waals surface area (Å²) in [6.45, 7) is 8.38. The second-order valence-corrected chi connectivity index (χ2v) is 6.63. The van der Waals surface area contributed by atoms with Crippen molar-refractivity contribution >= 4 is 11.8 Å². The molecule has 2 saturated heterocycles. The van der Waals surface area contributed by atoms with Gasteiger partial charge in [-0.1, -0.05) is 20.8 Å². The zero-order chi connectivity index (χ0) is 15.6. The van der Waals surface area contributed by atoms with Crippen molar-refractivity contribution in [2.45, 2.75) is 64.6 Å². The summed E-state index contributed by atoms with van der Waals surface area (Å²) in [6.07, 6.45) is 3.05. The second-order valence-electron chi connectivity index (χ2n) is 6.63. The van der Waals surface area contributed by atoms with E-state index in [1.54, 1.807) is 0 Å². The molecule has 0 aromatic rings. The maximum Gasteiger partial charge on any atom is 0.247 e. The number of hydrogen-bond acceptors (Lipinski definition) is 4. The van der Waals surface area contributed by atoms with Crippen LogP contribution in [0.5, 0.6) is 0 Å². The molecule has 1 N–H and O–H groups in total. The van der Waals surface area contributed by atoms with E-state index in [9.17, 15) is 9.59 Å². The Kier molecular flexibility index (Phi) is 5.38. The highest BCUT2D eigenvalue weighted by molar-refractivity contribution is 6.05. The summed E-state index contributed by atoms with van der Waals surface area (Å²) >= 11 is 0. The van der Waals surface area contributed by atoms with Crippen LogP contribution in [0.2, 0.25) is 0 Å². The molecule has 0 aromatic carbocycles. The van der Waals surface area contributed by atoms with Crippen LogP contribution in [0.25, 0.3) is 0 Å². The highest BCUT2D eigenvalue weighted by Crippen LogP contribution is 2.23. The number of imide groups is 1. The molecular weight excluding hydrogens is 266 g/mol. The lowest BCUT2D eigenvalue weighted by Crippen LogP contribution is -2.52. The highest BCUT2D eigenvalue weighted by Gasteiger charge is 2.42. The first-order chi connectivity index (χ1) is 9.97. The number of amides is 2. The van der Waals surface area contributed by atoms with Gasteiger partial charge in [-0.2, -0.15) is 0 Å². The molecule has 21 heavy (non-hydrogen) atoms. The summed E-state index contributed by atoms with van der Waals surface area (Å²) in [5, 5.41) is 3.46. The number of rotatable bonds is 5. The molecule has 3 unspecified atom stereocenters. The third-order valence-electron chi connectivity index (χ3n) is 5.01. The number of hydrogen-bond donors (Lipinski definition) is 1. The Morgan fingerprint density at radius 3 is 2.52 bits per heavy atom. The minimum Gasteiger partial charge on any atom is -0.306 e. The molecule has 5 nitrogen and oxygen atoms in total. The number of likely N-dealkylation sites (tertiary alicyclic amines) is 2. The Bertz CT molecular complexity index is 395. The quantitative estimate of drug-likeness (QED) is 0.775. The van der Waals surface area contributed by atoms with Crippen molar-refractivity contribution in [2.75, 3.05) is 20.1 Å². The van der Waals surface area contributed by atoms with E-state index < -0.39 is 0 Å². The molecule has 120 valence electrons. The minimum absolute atomic E-state index is 0.00761. The normalized spacial score (nSPS) is 31.5. The monoisotopic (exact) mass is 295 g/mol. The van der Waals surface area contributed by atoms with E-state index in [2.05, 4.69) is 24.2 Å². The van der Waals surface area contributed by atoms with Crippen molar-refractivity contribution in [2.24, 2.45) is 5.92 Å². The SMILES string of the molecule is CCC(CC)N1C(=O)CC(NC2CCN(C)CC2C)C1=O. The molecule has 0 radical (unpaired) electrons. The van der Waals surface area contributed by atoms with E-state index in [1.807, 2.05) is 13.8 Å². The number of carbonyl (C=O) groups excluding carboxylic acids is 2. The van der Waals surface area contributed by atoms with Gasteiger partial charge in [0.25, 0.3) is 0 Å². The molecule has 3 atom stereocenters. The Hall–Kier alpha value is -0.940. The van der Waals surface area contributed by atoms with Crippen LogP contribution in [0.1, 0.15) is 46.5 Å². The maximum absolute atomic E-state index is 12.6. The Balaban J connectivity index is 1.99. The maximum atomic E-state index is 12.6. The molecule has 2 amide bonds. The molecule has 0 saturated carbocycles. The number of nitrogens with one attached hydrogen (secondary N) is 1. The fraction of sp³-hybridized carbons (Fsp3) is 0.875. The van der Waals surface area contributed by atoms with Gasteiger partial charge < -0.3 is 10.2 Å². The smallest absolute Gasteiger partial charge is 0.247 e. The van der Waals surface area contributed by atoms with E-state index in [-0.39, 0.29) is 23.9 Å². The van der Waals surface area contributed by atoms with E-state index in [1.165, 1.54) is 4.90 Å². The molecule has 2 rings (SSSR count). The lowest BCUT2D eigenvalue weighted by atomic mass is 9.93. The summed E-state index contributed by atoms with van der Waals surface area (Å²) in [4.78, 5) is 28.6. The van der Waals surface area contributed by atoms with Gasteiger partial charge in [-0.15, -0.1) is 0 Å². The Morgan fingerprint density at radius 2 is 1.95 bits per heavy atom. The van der Waals surface area contributed by atoms with Gasteiger partial charge in [-0.05, 0) is 38.8 Å². The lowest BCUT2D eigenvalue weighted by molar-refractivity contribution is -0.141. The minimum atomic E-state index is -0.311. The molecular formula is C16H29N3O2. The van der Waals surface area contributed by atoms with Crippen molar-refractivity contribution in [1.82, 2.24) is 15.1 Å². The van der Waals surface area contributed by atoms with Crippen LogP contribution < -0.4 is 5.32 Å². The van der Waals surface area contributed by atoms with Crippen molar-refractivity contribution in [3.63, 3.8) is 0 Å². The molecule has 2 fully saturated rings. The van der Waals surface area contributed by atoms with Gasteiger partial charge in [0.1, 0.15) is 0 Å². The van der Waals surface area contributed by atoms with E-state index in [0.717, 1.165) is 32.4 Å². The van der Waals surface area contributed by atoms with Crippen molar-refractivity contribution in [3.8, 4) is 0 Å². The first-order valence-electron chi connectivity index (χ1n) is 8.28. The topological polar surface area (TPSA) is 52.7 Å². The zero-order valence-corrected chi connectivity index (χ0v) is 13.8. The van der Waals surface area contributed by atoms with Gasteiger partial charge in [0.15, 0.2) is 0 Å². The standard InChI is InChI=1S/C16H29N3O2/c1-5-12(6-2)19-15(20)9-14(16(19)21)17-13-7-8-18(4)10-11(13)3/h11-14,17H,5-10H2,1-4H3. The highest BCUT2D eigenvalue weighted by atomic mass is 16.2. The average molecular weight is 295 g/mol. The fourth-order valence-electron chi connectivity index (χ4n) is 3.68. The average Bonchev–Trinajstić information content (AvgIpc) is 2.71. The van der Waals surface area contributed by atoms with Gasteiger partial charge in [0, 0.05) is 18.6 Å². The fourth-order valence-corrected chi connectivity index (χ4v) is 3.68. The van der Waals surface area contributed by atoms with Crippen LogP contribution >= 0.6 is 0 Å². The molecule has 2 heterocycles. The Labute approximate surface area is 128 Å². The third kappa shape index (κ3) is 3.46. The van der Waals surface area contributed by atoms with E-state index in [0.29, 0.717) is 18.4 Å². The molecule has 5 heteroatoms. The molecule has 0 aliphatic carbocycles. The van der Waals surface area contributed by atoms with E-state index in [4.69, 9.17) is 0 Å². The lowest BCUT2D eigenvalue weighted by Gasteiger charge is -2.36. The van der Waals surface area contributed by atoms with Gasteiger partial charge in [-0.3, -0.25) is 14.5 Å². The summed E-state index contributed by atoms with van der Waals surface area (Å²) < 4.78 is 0. The summed E-state index contributed by atoms with van der Waals surface area (Å²) in [7, 11) is 2.13. The molecule has 0 aromatic heterocycles. The van der Waals surface area contributed by atoms with Crippen LogP contribution in [-0.2, 0) is 9.59 Å². The van der Waals surface area contributed by atoms with Crippen molar-refractivity contribution in [3.05, 3.63) is 0 Å². The van der Waals surface area contributed by atoms with Crippen LogP contribution in [0.15, 0.2) is 0 Å². The van der Waals surface area contributed by atoms with E-state index >= 15 is 0 Å². The molecule has 2 aliphatic rings. The summed E-state index contributed by atoms with van der Waals surface area (Å²) in [6, 6.07) is 0.0882. The number of carbonyl (C=O) groups is 2. The summed E-state index contributed by atoms with van der Waals surface area (Å²) in [5.41, 5.74) is 0. The predicted molar refractivity (Wildman–Crippen MR) is 82.8 cm³/mol. The van der Waals surface area contributed by atoms with Gasteiger partial charge >= 0.3 is 0 Å². The van der Waals surface area contributed by atoms with Gasteiger partial charge in [0.05, 0.1) is 12.5 Å². The van der Waals surface area contributed by atoms with Crippen LogP contribution in [0.4, 0.5) is 0 Å². The van der Waals surface area contributed by atoms with Gasteiger partial charge in [0.2, 0.25) is 11.8 Å². The van der Waals surface area contributed by atoms with Gasteiger partial charge in [-0.25, -0.2) is 0 Å². The van der Waals surface area contributed by atoms with Crippen LogP contribution in [-0.4, -0.2) is 59.9 Å². The molecule has 0 spiro atoms. The second kappa shape index (κ2) is 6.88. The first kappa shape index (κ1) is 16.4. The van der Waals surface area contributed by atoms with Crippen LogP contribution in [0.3, 0.4) is 0 Å². The Morgan fingerprint density at radius 1 is 1.29 bits per heavy atom. The van der Waals surface area contributed by atoms with Crippen molar-refractivity contribution < 1.29 is 9.59 Å². The number of piperidine rings is 1. The molecule has 0 bridgehead atoms. The van der Waals surface area contributed by atoms with Crippen molar-refractivity contribution in [1.29, 1.82) is 0 Å².